The number of nitrogens with zero attached hydrogens (tertiary/aromatic N) is 3. The Kier molecular flexibility index (Phi) is 7.37. The first-order chi connectivity index (χ1) is 16.8. The van der Waals surface area contributed by atoms with Crippen molar-refractivity contribution in [2.45, 2.75) is 19.4 Å². The summed E-state index contributed by atoms with van der Waals surface area (Å²) in [7, 11) is 1.66. The van der Waals surface area contributed by atoms with E-state index in [1.807, 2.05) is 13.0 Å². The second-order valence-electron chi connectivity index (χ2n) is 8.76. The first-order valence-electron chi connectivity index (χ1n) is 11.7. The molecule has 0 spiro atoms. The number of hydrogen-bond donors (Lipinski definition) is 2. The van der Waals surface area contributed by atoms with Gasteiger partial charge in [0.1, 0.15) is 11.9 Å². The summed E-state index contributed by atoms with van der Waals surface area (Å²) in [6, 6.07) is -0.233. The molecule has 4 aliphatic rings. The molecule has 4 rings (SSSR count). The molecule has 0 saturated carbocycles. The van der Waals surface area contributed by atoms with Crippen molar-refractivity contribution in [3.8, 4) is 0 Å². The van der Waals surface area contributed by atoms with Crippen molar-refractivity contribution in [2.75, 3.05) is 46.4 Å². The van der Waals surface area contributed by atoms with Gasteiger partial charge in [-0.2, -0.15) is 0 Å². The molecule has 0 bridgehead atoms. The van der Waals surface area contributed by atoms with Crippen molar-refractivity contribution in [3.05, 3.63) is 82.0 Å². The highest BCUT2D eigenvalue weighted by atomic mass is 19.1. The Hall–Kier alpha value is -3.43. The molecule has 2 aliphatic carbocycles. The predicted octanol–water partition coefficient (Wildman–Crippen LogP) is 2.30. The van der Waals surface area contributed by atoms with E-state index >= 15 is 0 Å². The zero-order valence-corrected chi connectivity index (χ0v) is 20.0. The summed E-state index contributed by atoms with van der Waals surface area (Å²) >= 11 is 0. The van der Waals surface area contributed by atoms with E-state index < -0.39 is 6.10 Å². The van der Waals surface area contributed by atoms with Gasteiger partial charge in [0.2, 0.25) is 0 Å². The van der Waals surface area contributed by atoms with Crippen molar-refractivity contribution in [3.63, 3.8) is 0 Å². The molecule has 35 heavy (non-hydrogen) atoms. The fourth-order valence-electron chi connectivity index (χ4n) is 4.70. The van der Waals surface area contributed by atoms with Gasteiger partial charge in [0.05, 0.1) is 24.5 Å². The maximum absolute atomic E-state index is 13.6. The number of rotatable bonds is 4. The summed E-state index contributed by atoms with van der Waals surface area (Å²) < 4.78 is 19.0. The number of carbonyl (C=O) groups is 2. The van der Waals surface area contributed by atoms with E-state index in [1.165, 1.54) is 23.1 Å². The third-order valence-electron chi connectivity index (χ3n) is 6.44. The smallest absolute Gasteiger partial charge is 0.324 e. The van der Waals surface area contributed by atoms with E-state index in [9.17, 15) is 19.1 Å². The van der Waals surface area contributed by atoms with Crippen LogP contribution in [0.3, 0.4) is 0 Å². The lowest BCUT2D eigenvalue weighted by atomic mass is 10.0. The van der Waals surface area contributed by atoms with Crippen LogP contribution in [-0.2, 0) is 9.53 Å². The highest BCUT2D eigenvalue weighted by molar-refractivity contribution is 6.00. The van der Waals surface area contributed by atoms with Crippen LogP contribution in [0, 0.1) is 0 Å². The Morgan fingerprint density at radius 1 is 1.31 bits per heavy atom. The van der Waals surface area contributed by atoms with Gasteiger partial charge in [-0.15, -0.1) is 0 Å². The molecule has 2 heterocycles. The molecule has 1 fully saturated rings. The second-order valence-corrected chi connectivity index (χ2v) is 8.76. The highest BCUT2D eigenvalue weighted by Crippen LogP contribution is 2.36. The molecule has 186 valence electrons. The first kappa shape index (κ1) is 24.7. The molecule has 2 aliphatic heterocycles. The van der Waals surface area contributed by atoms with Gasteiger partial charge in [0.15, 0.2) is 0 Å². The third-order valence-corrected chi connectivity index (χ3v) is 6.44. The molecule has 3 N–H and O–H groups in total. The molecule has 3 amide bonds. The number of aliphatic hydroxyl groups excluding tert-OH is 1. The Labute approximate surface area is 204 Å². The molecule has 9 heteroatoms. The summed E-state index contributed by atoms with van der Waals surface area (Å²) in [6.45, 7) is 4.12. The van der Waals surface area contributed by atoms with E-state index in [-0.39, 0.29) is 42.1 Å². The average molecular weight is 483 g/mol. The molecule has 1 unspecified atom stereocenters. The average Bonchev–Trinajstić information content (AvgIpc) is 2.96. The quantitative estimate of drug-likeness (QED) is 0.641. The summed E-state index contributed by atoms with van der Waals surface area (Å²) in [4.78, 5) is 31.7. The van der Waals surface area contributed by atoms with Gasteiger partial charge in [0.25, 0.3) is 5.91 Å². The number of amides is 3. The van der Waals surface area contributed by atoms with Crippen LogP contribution in [0.2, 0.25) is 0 Å². The maximum atomic E-state index is 13.6. The number of halogens is 1. The molecule has 0 radical (unpaired) electrons. The number of aliphatic hydroxyl groups is 1. The van der Waals surface area contributed by atoms with Gasteiger partial charge in [-0.1, -0.05) is 24.3 Å². The van der Waals surface area contributed by atoms with Crippen LogP contribution in [0.4, 0.5) is 9.18 Å². The second kappa shape index (κ2) is 10.5. The number of likely N-dealkylation sites (N-methyl/N-ethyl adjacent to an activating group) is 1. The van der Waals surface area contributed by atoms with Crippen molar-refractivity contribution < 1.29 is 23.8 Å². The molecular weight excluding hydrogens is 451 g/mol. The molecule has 0 aromatic rings. The summed E-state index contributed by atoms with van der Waals surface area (Å²) in [5.74, 6) is -0.659. The van der Waals surface area contributed by atoms with E-state index in [4.69, 9.17) is 10.5 Å². The number of urea groups is 1. The van der Waals surface area contributed by atoms with Crippen LogP contribution in [0.25, 0.3) is 0 Å². The van der Waals surface area contributed by atoms with Gasteiger partial charge in [-0.25, -0.2) is 9.18 Å². The van der Waals surface area contributed by atoms with Crippen molar-refractivity contribution in [2.24, 2.45) is 5.73 Å². The molecule has 1 atom stereocenters. The summed E-state index contributed by atoms with van der Waals surface area (Å²) in [5.41, 5.74) is 9.23. The standard InChI is InChI=1S/C26H31FN4O4/c1-3-5-19-21(28)14-22(32)23-20(24(19)29(2)26(34)30-10-12-35-13-11-30)16-31(25(23)33)15-17-6-4-7-18(27)9-8-17/h3,5-9,14,22,32H,4,10-13,15-16,28H2,1-2H3/b5-3-. The minimum Gasteiger partial charge on any atom is -0.398 e. The van der Waals surface area contributed by atoms with Crippen molar-refractivity contribution in [1.29, 1.82) is 0 Å². The zero-order chi connectivity index (χ0) is 25.1. The normalized spacial score (nSPS) is 23.3. The van der Waals surface area contributed by atoms with Crippen LogP contribution in [0.1, 0.15) is 13.3 Å². The van der Waals surface area contributed by atoms with Crippen LogP contribution in [-0.4, -0.2) is 84.3 Å². The Morgan fingerprint density at radius 3 is 2.77 bits per heavy atom. The maximum Gasteiger partial charge on any atom is 0.324 e. The number of ether oxygens (including phenoxy) is 1. The first-order valence-corrected chi connectivity index (χ1v) is 11.7. The van der Waals surface area contributed by atoms with E-state index in [2.05, 4.69) is 0 Å². The molecular formula is C26H31FN4O4. The largest absolute Gasteiger partial charge is 0.398 e. The monoisotopic (exact) mass is 482 g/mol. The van der Waals surface area contributed by atoms with Gasteiger partial charge in [-0.05, 0) is 37.1 Å². The lowest BCUT2D eigenvalue weighted by Crippen LogP contribution is -2.47. The highest BCUT2D eigenvalue weighted by Gasteiger charge is 2.40. The topological polar surface area (TPSA) is 99.3 Å². The lowest BCUT2D eigenvalue weighted by molar-refractivity contribution is -0.125. The Balaban J connectivity index is 1.71. The van der Waals surface area contributed by atoms with Crippen LogP contribution in [0.5, 0.6) is 0 Å². The van der Waals surface area contributed by atoms with Gasteiger partial charge in [-0.3, -0.25) is 9.69 Å². The van der Waals surface area contributed by atoms with E-state index in [0.717, 1.165) is 5.57 Å². The number of hydrogen-bond acceptors (Lipinski definition) is 5. The fraction of sp³-hybridized carbons (Fsp3) is 0.385. The number of nitrogens with two attached hydrogens (primary N) is 1. The number of carbonyl (C=O) groups excluding carboxylic acids is 2. The van der Waals surface area contributed by atoms with E-state index in [0.29, 0.717) is 49.6 Å². The zero-order valence-electron chi connectivity index (χ0n) is 20.0. The minimum absolute atomic E-state index is 0.185. The fourth-order valence-corrected chi connectivity index (χ4v) is 4.70. The third kappa shape index (κ3) is 5.01. The number of morpholine rings is 1. The van der Waals surface area contributed by atoms with Gasteiger partial charge < -0.3 is 25.4 Å². The molecule has 0 aromatic heterocycles. The van der Waals surface area contributed by atoms with Crippen molar-refractivity contribution >= 4 is 11.9 Å². The van der Waals surface area contributed by atoms with Gasteiger partial charge >= 0.3 is 6.03 Å². The minimum atomic E-state index is -1.22. The van der Waals surface area contributed by atoms with E-state index in [1.54, 1.807) is 35.1 Å². The Bertz CT molecular complexity index is 1120. The summed E-state index contributed by atoms with van der Waals surface area (Å²) in [6.07, 6.45) is 10.6. The van der Waals surface area contributed by atoms with Gasteiger partial charge in [0, 0.05) is 50.1 Å². The molecule has 0 aromatic carbocycles. The lowest BCUT2D eigenvalue weighted by Gasteiger charge is -2.33. The Morgan fingerprint density at radius 2 is 2.06 bits per heavy atom. The predicted molar refractivity (Wildman–Crippen MR) is 130 cm³/mol. The summed E-state index contributed by atoms with van der Waals surface area (Å²) in [5, 5.41) is 10.9. The number of allylic oxidation sites excluding steroid dienone is 6. The van der Waals surface area contributed by atoms with Crippen LogP contribution >= 0.6 is 0 Å². The van der Waals surface area contributed by atoms with Crippen LogP contribution in [0.15, 0.2) is 82.0 Å². The molecule has 8 nitrogen and oxygen atoms in total. The van der Waals surface area contributed by atoms with Crippen LogP contribution < -0.4 is 5.73 Å². The molecule has 1 saturated heterocycles. The van der Waals surface area contributed by atoms with Crippen molar-refractivity contribution in [1.82, 2.24) is 14.7 Å². The SMILES string of the molecule is C/C=C\C1=C(N(C)C(=O)N2CCOCC2)C2=C(C(=O)N(CC3=CCC=C(F)C=C3)C2)C(O)C=C1N.